The molecular weight excluding hydrogens is 284 g/mol. The lowest BCUT2D eigenvalue weighted by Gasteiger charge is -2.09. The molecule has 0 atom stereocenters. The molecule has 1 aliphatic heterocycles. The van der Waals surface area contributed by atoms with E-state index in [0.717, 1.165) is 0 Å². The molecule has 1 aliphatic rings. The van der Waals surface area contributed by atoms with E-state index in [2.05, 4.69) is 5.32 Å². The number of carbonyl (C=O) groups is 1. The topological polar surface area (TPSA) is 82.8 Å². The summed E-state index contributed by atoms with van der Waals surface area (Å²) >= 11 is 0. The van der Waals surface area contributed by atoms with Gasteiger partial charge in [-0.25, -0.2) is 0 Å². The van der Waals surface area contributed by atoms with Gasteiger partial charge in [-0.3, -0.25) is 4.79 Å². The molecule has 0 bridgehead atoms. The predicted octanol–water partition coefficient (Wildman–Crippen LogP) is 2.17. The predicted molar refractivity (Wildman–Crippen MR) is 78.6 cm³/mol. The lowest BCUT2D eigenvalue weighted by Crippen LogP contribution is -2.13. The largest absolute Gasteiger partial charge is 0.454 e. The van der Waals surface area contributed by atoms with Crippen LogP contribution in [0.3, 0.4) is 0 Å². The van der Waals surface area contributed by atoms with E-state index in [1.165, 1.54) is 0 Å². The summed E-state index contributed by atoms with van der Waals surface area (Å²) in [4.78, 5) is 11.7. The maximum Gasteiger partial charge on any atom is 0.231 e. The van der Waals surface area contributed by atoms with Crippen LogP contribution < -0.4 is 20.5 Å². The van der Waals surface area contributed by atoms with Gasteiger partial charge in [0.05, 0.1) is 11.4 Å². The Labute approximate surface area is 124 Å². The van der Waals surface area contributed by atoms with Gasteiger partial charge in [-0.05, 0) is 13.3 Å². The minimum absolute atomic E-state index is 0. The molecule has 20 heavy (non-hydrogen) atoms. The van der Waals surface area contributed by atoms with Gasteiger partial charge in [0.2, 0.25) is 12.7 Å². The molecule has 2 rings (SSSR count). The Morgan fingerprint density at radius 1 is 1.40 bits per heavy atom. The first-order valence-corrected chi connectivity index (χ1v) is 6.27. The molecule has 0 spiro atoms. The summed E-state index contributed by atoms with van der Waals surface area (Å²) in [5.41, 5.74) is 6.85. The van der Waals surface area contributed by atoms with E-state index >= 15 is 0 Å². The second-order valence-corrected chi connectivity index (χ2v) is 4.14. The van der Waals surface area contributed by atoms with Gasteiger partial charge < -0.3 is 25.3 Å². The second kappa shape index (κ2) is 7.81. The number of anilines is 2. The molecule has 1 heterocycles. The Kier molecular flexibility index (Phi) is 6.41. The number of amides is 1. The quantitative estimate of drug-likeness (QED) is 0.621. The number of nitrogens with two attached hydrogens (primary N) is 1. The van der Waals surface area contributed by atoms with Crippen LogP contribution in [0.15, 0.2) is 12.1 Å². The highest BCUT2D eigenvalue weighted by Crippen LogP contribution is 2.38. The number of ether oxygens (including phenoxy) is 3. The molecule has 0 unspecified atom stereocenters. The van der Waals surface area contributed by atoms with Crippen molar-refractivity contribution in [1.82, 2.24) is 0 Å². The number of carbonyl (C=O) groups excluding carboxylic acids is 1. The lowest BCUT2D eigenvalue weighted by molar-refractivity contribution is -0.116. The molecule has 0 saturated heterocycles. The van der Waals surface area contributed by atoms with Crippen LogP contribution in [0.4, 0.5) is 11.4 Å². The molecule has 6 nitrogen and oxygen atoms in total. The van der Waals surface area contributed by atoms with Gasteiger partial charge in [-0.15, -0.1) is 12.4 Å². The summed E-state index contributed by atoms with van der Waals surface area (Å²) < 4.78 is 15.6. The van der Waals surface area contributed by atoms with Gasteiger partial charge in [0.1, 0.15) is 0 Å². The average molecular weight is 303 g/mol. The zero-order valence-corrected chi connectivity index (χ0v) is 12.1. The SMILES string of the molecule is CCOCCCC(=O)Nc1cc2c(cc1N)OCO2.Cl. The van der Waals surface area contributed by atoms with Crippen molar-refractivity contribution in [2.24, 2.45) is 0 Å². The maximum absolute atomic E-state index is 11.7. The molecule has 1 aromatic rings. The van der Waals surface area contributed by atoms with Gasteiger partial charge in [0, 0.05) is 31.8 Å². The number of hydrogen-bond donors (Lipinski definition) is 2. The fraction of sp³-hybridized carbons (Fsp3) is 0.462. The highest BCUT2D eigenvalue weighted by Gasteiger charge is 2.17. The number of fused-ring (bicyclic) bond motifs is 1. The number of halogens is 1. The third kappa shape index (κ3) is 4.18. The standard InChI is InChI=1S/C13H18N2O4.ClH/c1-2-17-5-3-4-13(16)15-10-7-12-11(6-9(10)14)18-8-19-12;/h6-7H,2-5,8,14H2,1H3,(H,15,16);1H. The fourth-order valence-electron chi connectivity index (χ4n) is 1.76. The molecule has 7 heteroatoms. The first-order chi connectivity index (χ1) is 9.20. The van der Waals surface area contributed by atoms with Crippen LogP contribution in [0.5, 0.6) is 11.5 Å². The normalized spacial score (nSPS) is 11.8. The highest BCUT2D eigenvalue weighted by atomic mass is 35.5. The second-order valence-electron chi connectivity index (χ2n) is 4.14. The zero-order valence-electron chi connectivity index (χ0n) is 11.3. The smallest absolute Gasteiger partial charge is 0.231 e. The molecule has 3 N–H and O–H groups in total. The average Bonchev–Trinajstić information content (AvgIpc) is 2.82. The number of benzene rings is 1. The van der Waals surface area contributed by atoms with Crippen LogP contribution in [0.2, 0.25) is 0 Å². The van der Waals surface area contributed by atoms with E-state index in [0.29, 0.717) is 48.9 Å². The van der Waals surface area contributed by atoms with Crippen LogP contribution in [0.25, 0.3) is 0 Å². The first-order valence-electron chi connectivity index (χ1n) is 6.27. The van der Waals surface area contributed by atoms with Crippen LogP contribution >= 0.6 is 12.4 Å². The van der Waals surface area contributed by atoms with Crippen LogP contribution in [-0.4, -0.2) is 25.9 Å². The third-order valence-electron chi connectivity index (χ3n) is 2.72. The molecule has 0 aromatic heterocycles. The number of nitrogen functional groups attached to an aromatic ring is 1. The summed E-state index contributed by atoms with van der Waals surface area (Å²) in [6, 6.07) is 3.33. The van der Waals surface area contributed by atoms with Gasteiger partial charge in [0.15, 0.2) is 11.5 Å². The van der Waals surface area contributed by atoms with E-state index < -0.39 is 0 Å². The number of rotatable bonds is 6. The third-order valence-corrected chi connectivity index (χ3v) is 2.72. The zero-order chi connectivity index (χ0) is 13.7. The fourth-order valence-corrected chi connectivity index (χ4v) is 1.76. The summed E-state index contributed by atoms with van der Waals surface area (Å²) in [5.74, 6) is 1.11. The highest BCUT2D eigenvalue weighted by molar-refractivity contribution is 5.94. The first kappa shape index (κ1) is 16.4. The van der Waals surface area contributed by atoms with Crippen molar-refractivity contribution < 1.29 is 19.0 Å². The number of nitrogens with one attached hydrogen (secondary N) is 1. The van der Waals surface area contributed by atoms with Crippen molar-refractivity contribution in [2.45, 2.75) is 19.8 Å². The Hall–Kier alpha value is -1.66. The van der Waals surface area contributed by atoms with E-state index in [1.54, 1.807) is 12.1 Å². The maximum atomic E-state index is 11.7. The van der Waals surface area contributed by atoms with E-state index in [-0.39, 0.29) is 25.1 Å². The van der Waals surface area contributed by atoms with Crippen molar-refractivity contribution >= 4 is 29.7 Å². The van der Waals surface area contributed by atoms with Gasteiger partial charge in [0.25, 0.3) is 0 Å². The van der Waals surface area contributed by atoms with E-state index in [9.17, 15) is 4.79 Å². The van der Waals surface area contributed by atoms with Crippen molar-refractivity contribution in [3.63, 3.8) is 0 Å². The summed E-state index contributed by atoms with van der Waals surface area (Å²) in [6.45, 7) is 3.35. The van der Waals surface area contributed by atoms with Crippen molar-refractivity contribution in [3.05, 3.63) is 12.1 Å². The summed E-state index contributed by atoms with van der Waals surface area (Å²) in [6.07, 6.45) is 1.08. The molecule has 0 radical (unpaired) electrons. The molecular formula is C13H19ClN2O4. The monoisotopic (exact) mass is 302 g/mol. The van der Waals surface area contributed by atoms with E-state index in [4.69, 9.17) is 19.9 Å². The van der Waals surface area contributed by atoms with Crippen molar-refractivity contribution in [1.29, 1.82) is 0 Å². The summed E-state index contributed by atoms with van der Waals surface area (Å²) in [5, 5.41) is 2.76. The molecule has 0 fully saturated rings. The number of hydrogen-bond acceptors (Lipinski definition) is 5. The molecule has 1 aromatic carbocycles. The molecule has 112 valence electrons. The van der Waals surface area contributed by atoms with Gasteiger partial charge >= 0.3 is 0 Å². The minimum Gasteiger partial charge on any atom is -0.454 e. The Balaban J connectivity index is 0.00000200. The molecule has 1 amide bonds. The summed E-state index contributed by atoms with van der Waals surface area (Å²) in [7, 11) is 0. The Morgan fingerprint density at radius 2 is 2.10 bits per heavy atom. The Bertz CT molecular complexity index is 468. The van der Waals surface area contributed by atoms with E-state index in [1.807, 2.05) is 6.92 Å². The van der Waals surface area contributed by atoms with Crippen LogP contribution in [0, 0.1) is 0 Å². The van der Waals surface area contributed by atoms with Crippen molar-refractivity contribution in [3.8, 4) is 11.5 Å². The van der Waals surface area contributed by atoms with Crippen LogP contribution in [-0.2, 0) is 9.53 Å². The molecule has 0 saturated carbocycles. The minimum atomic E-state index is -0.0923. The van der Waals surface area contributed by atoms with Gasteiger partial charge in [-0.2, -0.15) is 0 Å². The lowest BCUT2D eigenvalue weighted by atomic mass is 10.2. The Morgan fingerprint density at radius 3 is 2.80 bits per heavy atom. The van der Waals surface area contributed by atoms with Crippen LogP contribution in [0.1, 0.15) is 19.8 Å². The van der Waals surface area contributed by atoms with Gasteiger partial charge in [-0.1, -0.05) is 0 Å². The molecule has 0 aliphatic carbocycles. The van der Waals surface area contributed by atoms with Crippen molar-refractivity contribution in [2.75, 3.05) is 31.1 Å².